The number of hydrogen-bond acceptors (Lipinski definition) is 3. The molecular formula is C30H43Br2S4+. The summed E-state index contributed by atoms with van der Waals surface area (Å²) in [6, 6.07) is 0. The van der Waals surface area contributed by atoms with Gasteiger partial charge in [-0.3, -0.25) is 0 Å². The van der Waals surface area contributed by atoms with E-state index in [9.17, 15) is 0 Å². The molecule has 0 aromatic carbocycles. The zero-order chi connectivity index (χ0) is 25.3. The summed E-state index contributed by atoms with van der Waals surface area (Å²) in [6.07, 6.45) is 24.8. The molecule has 0 saturated heterocycles. The fraction of sp³-hybridized carbons (Fsp3) is 0.667. The molecule has 0 aliphatic rings. The average molecular weight is 692 g/mol. The molecule has 4 rings (SSSR count). The summed E-state index contributed by atoms with van der Waals surface area (Å²) < 4.78 is 10.9. The van der Waals surface area contributed by atoms with Crippen LogP contribution in [0.3, 0.4) is 0 Å². The van der Waals surface area contributed by atoms with Gasteiger partial charge in [-0.15, -0.1) is 34.0 Å². The van der Waals surface area contributed by atoms with Crippen LogP contribution in [0, 0.1) is 0 Å². The van der Waals surface area contributed by atoms with Crippen LogP contribution in [0.2, 0.25) is 0 Å². The highest BCUT2D eigenvalue weighted by molar-refractivity contribution is 9.35. The van der Waals surface area contributed by atoms with E-state index in [0.29, 0.717) is 0 Å². The Morgan fingerprint density at radius 3 is 1.75 bits per heavy atom. The SMILES string of the molecule is CCCCCCCCCCc1c(Br)sc2c1sc1c3scc(CCCCCCCCCC)c3[s+](Br)c21. The lowest BCUT2D eigenvalue weighted by Gasteiger charge is -2.02. The van der Waals surface area contributed by atoms with E-state index >= 15 is 0 Å². The standard InChI is InChI=1S/C30H43Br2S4/c1-3-5-7-9-11-13-15-17-19-22-21-33-25-27-29(36(32)28(22)25)26-24(34-27)23(30(31)35-26)20-18-16-14-12-10-8-6-4-2/h21H,3-20H2,1-2H3/q+1. The largest absolute Gasteiger partial charge is 0.269 e. The molecule has 1 atom stereocenters. The molecule has 0 amide bonds. The minimum Gasteiger partial charge on any atom is -0.137 e. The Balaban J connectivity index is 1.37. The van der Waals surface area contributed by atoms with E-state index in [2.05, 4.69) is 61.3 Å². The summed E-state index contributed by atoms with van der Waals surface area (Å²) in [5.74, 6) is 0. The van der Waals surface area contributed by atoms with Crippen molar-refractivity contribution in [3.63, 3.8) is 0 Å². The second-order valence-electron chi connectivity index (χ2n) is 10.4. The van der Waals surface area contributed by atoms with Crippen LogP contribution >= 0.6 is 73.7 Å². The normalized spacial score (nSPS) is 12.7. The third-order valence-corrected chi connectivity index (χ3v) is 16.0. The molecule has 4 heterocycles. The van der Waals surface area contributed by atoms with Crippen LogP contribution in [-0.4, -0.2) is 0 Å². The number of aryl methyl sites for hydroxylation is 2. The van der Waals surface area contributed by atoms with Crippen LogP contribution < -0.4 is 0 Å². The molecule has 0 fully saturated rings. The van der Waals surface area contributed by atoms with Crippen molar-refractivity contribution in [1.29, 1.82) is 0 Å². The zero-order valence-corrected chi connectivity index (χ0v) is 28.6. The third kappa shape index (κ3) is 7.18. The van der Waals surface area contributed by atoms with Crippen molar-refractivity contribution in [2.45, 2.75) is 129 Å². The molecule has 4 aromatic rings. The maximum absolute atomic E-state index is 4.19. The zero-order valence-electron chi connectivity index (χ0n) is 22.2. The minimum atomic E-state index is 0.0557. The summed E-state index contributed by atoms with van der Waals surface area (Å²) in [6.45, 7) is 4.60. The summed E-state index contributed by atoms with van der Waals surface area (Å²) in [5, 5.41) is 2.47. The van der Waals surface area contributed by atoms with Gasteiger partial charge < -0.3 is 0 Å². The quantitative estimate of drug-likeness (QED) is 0.0720. The van der Waals surface area contributed by atoms with E-state index in [1.54, 1.807) is 39.3 Å². The van der Waals surface area contributed by atoms with Gasteiger partial charge >= 0.3 is 0 Å². The molecule has 200 valence electrons. The lowest BCUT2D eigenvalue weighted by molar-refractivity contribution is 0.576. The van der Waals surface area contributed by atoms with Crippen molar-refractivity contribution in [2.24, 2.45) is 0 Å². The highest BCUT2D eigenvalue weighted by atomic mass is 79.9. The molecule has 4 aromatic heterocycles. The van der Waals surface area contributed by atoms with Gasteiger partial charge in [-0.05, 0) is 47.2 Å². The lowest BCUT2D eigenvalue weighted by Crippen LogP contribution is -1.85. The van der Waals surface area contributed by atoms with Crippen molar-refractivity contribution >= 4 is 102 Å². The van der Waals surface area contributed by atoms with E-state index in [1.165, 1.54) is 119 Å². The monoisotopic (exact) mass is 689 g/mol. The molecule has 0 aliphatic heterocycles. The number of thiophene rings is 4. The van der Waals surface area contributed by atoms with Gasteiger partial charge in [-0.2, -0.15) is 0 Å². The fourth-order valence-electron chi connectivity index (χ4n) is 5.35. The molecule has 0 N–H and O–H groups in total. The van der Waals surface area contributed by atoms with Gasteiger partial charge in [0.15, 0.2) is 0 Å². The number of unbranched alkanes of at least 4 members (excludes halogenated alkanes) is 14. The first-order valence-corrected chi connectivity index (χ1v) is 20.8. The van der Waals surface area contributed by atoms with Crippen molar-refractivity contribution in [3.05, 3.63) is 20.3 Å². The van der Waals surface area contributed by atoms with Gasteiger partial charge in [0.05, 0.1) is 17.4 Å². The molecule has 0 radical (unpaired) electrons. The Kier molecular flexibility index (Phi) is 12.6. The van der Waals surface area contributed by atoms with Crippen LogP contribution in [0.4, 0.5) is 0 Å². The molecular weight excluding hydrogens is 648 g/mol. The summed E-state index contributed by atoms with van der Waals surface area (Å²) >= 11 is 14.2. The van der Waals surface area contributed by atoms with Gasteiger partial charge in [0.2, 0.25) is 9.40 Å². The minimum absolute atomic E-state index is 0.0557. The van der Waals surface area contributed by atoms with E-state index in [0.717, 1.165) is 0 Å². The van der Waals surface area contributed by atoms with Crippen LogP contribution in [0.5, 0.6) is 0 Å². The first-order chi connectivity index (χ1) is 17.7. The van der Waals surface area contributed by atoms with Crippen LogP contribution in [0.15, 0.2) is 9.17 Å². The molecule has 36 heavy (non-hydrogen) atoms. The second-order valence-corrected chi connectivity index (χ2v) is 17.9. The van der Waals surface area contributed by atoms with E-state index in [4.69, 9.17) is 0 Å². The van der Waals surface area contributed by atoms with Crippen LogP contribution in [0.1, 0.15) is 128 Å². The van der Waals surface area contributed by atoms with Gasteiger partial charge in [-0.25, -0.2) is 0 Å². The van der Waals surface area contributed by atoms with Gasteiger partial charge in [0.25, 0.3) is 14.8 Å². The topological polar surface area (TPSA) is 0 Å². The number of rotatable bonds is 18. The molecule has 0 spiro atoms. The average Bonchev–Trinajstić information content (AvgIpc) is 3.59. The molecule has 0 nitrogen and oxygen atoms in total. The van der Waals surface area contributed by atoms with E-state index in [1.807, 2.05) is 22.7 Å². The van der Waals surface area contributed by atoms with Gasteiger partial charge in [0.1, 0.15) is 14.1 Å². The van der Waals surface area contributed by atoms with Crippen molar-refractivity contribution < 1.29 is 0 Å². The number of hydrogen-bond donors (Lipinski definition) is 0. The lowest BCUT2D eigenvalue weighted by atomic mass is 10.1. The predicted octanol–water partition coefficient (Wildman–Crippen LogP) is 14.4. The maximum Gasteiger partial charge on any atom is 0.269 e. The van der Waals surface area contributed by atoms with Crippen molar-refractivity contribution in [2.75, 3.05) is 0 Å². The van der Waals surface area contributed by atoms with Gasteiger partial charge in [0, 0.05) is 10.9 Å². The first-order valence-electron chi connectivity index (χ1n) is 14.4. The van der Waals surface area contributed by atoms with Crippen LogP contribution in [-0.2, 0) is 12.8 Å². The second kappa shape index (κ2) is 15.4. The Hall–Kier alpha value is 0.540. The fourth-order valence-corrected chi connectivity index (χ4v) is 15.8. The van der Waals surface area contributed by atoms with Crippen LogP contribution in [0.25, 0.3) is 28.2 Å². The molecule has 1 unspecified atom stereocenters. The molecule has 0 aliphatic carbocycles. The maximum atomic E-state index is 4.19. The third-order valence-electron chi connectivity index (χ3n) is 7.49. The van der Waals surface area contributed by atoms with Gasteiger partial charge in [-0.1, -0.05) is 104 Å². The predicted molar refractivity (Wildman–Crippen MR) is 180 cm³/mol. The highest BCUT2D eigenvalue weighted by Crippen LogP contribution is 2.59. The molecule has 0 saturated carbocycles. The summed E-state index contributed by atoms with van der Waals surface area (Å²) in [5.41, 5.74) is 3.20. The Labute approximate surface area is 249 Å². The first kappa shape index (κ1) is 29.5. The Morgan fingerprint density at radius 2 is 1.14 bits per heavy atom. The number of halogens is 2. The van der Waals surface area contributed by atoms with Crippen molar-refractivity contribution in [3.8, 4) is 0 Å². The summed E-state index contributed by atoms with van der Waals surface area (Å²) in [7, 11) is 0.0557. The van der Waals surface area contributed by atoms with Crippen molar-refractivity contribution in [1.82, 2.24) is 0 Å². The van der Waals surface area contributed by atoms with E-state index < -0.39 is 0 Å². The van der Waals surface area contributed by atoms with E-state index in [-0.39, 0.29) is 8.90 Å². The molecule has 6 heteroatoms. The summed E-state index contributed by atoms with van der Waals surface area (Å²) in [4.78, 5) is 0. The number of fused-ring (bicyclic) bond motifs is 5. The Bertz CT molecular complexity index is 1210. The highest BCUT2D eigenvalue weighted by Gasteiger charge is 2.31. The smallest absolute Gasteiger partial charge is 0.137 e. The Morgan fingerprint density at radius 1 is 0.611 bits per heavy atom. The molecule has 0 bridgehead atoms.